The highest BCUT2D eigenvalue weighted by Gasteiger charge is 2.12. The highest BCUT2D eigenvalue weighted by atomic mass is 32.2. The van der Waals surface area contributed by atoms with E-state index in [0.717, 1.165) is 0 Å². The Morgan fingerprint density at radius 1 is 1.62 bits per heavy atom. The Kier molecular flexibility index (Phi) is 0.839. The van der Waals surface area contributed by atoms with Gasteiger partial charge in [-0.15, -0.1) is 0 Å². The van der Waals surface area contributed by atoms with Crippen LogP contribution in [0.5, 0.6) is 0 Å². The van der Waals surface area contributed by atoms with Crippen LogP contribution >= 0.6 is 0 Å². The highest BCUT2D eigenvalue weighted by molar-refractivity contribution is 7.93. The van der Waals surface area contributed by atoms with E-state index in [0.29, 0.717) is 5.41 Å². The molecule has 0 spiro atoms. The first-order chi connectivity index (χ1) is 3.60. The van der Waals surface area contributed by atoms with Gasteiger partial charge < -0.3 is 5.11 Å². The molecular formula is C2H2N2O3S. The Labute approximate surface area is 45.4 Å². The lowest BCUT2D eigenvalue weighted by molar-refractivity contribution is 0.405. The fourth-order valence-electron chi connectivity index (χ4n) is 0.279. The molecule has 0 saturated heterocycles. The van der Waals surface area contributed by atoms with Crippen molar-refractivity contribution >= 4 is 10.0 Å². The van der Waals surface area contributed by atoms with Crippen molar-refractivity contribution in [1.82, 2.24) is 0 Å². The quantitative estimate of drug-likeness (QED) is 0.511. The van der Waals surface area contributed by atoms with E-state index in [1.54, 1.807) is 0 Å². The third-order valence-electron chi connectivity index (χ3n) is 0.511. The Morgan fingerprint density at radius 3 is 2.38 bits per heavy atom. The molecule has 1 N–H and O–H groups in total. The third kappa shape index (κ3) is 0.836. The molecule has 6 heteroatoms. The molecule has 1 aliphatic heterocycles. The number of nitrogens with zero attached hydrogens (tertiary/aromatic N) is 2. The molecule has 0 radical (unpaired) electrons. The van der Waals surface area contributed by atoms with E-state index in [4.69, 9.17) is 5.11 Å². The summed E-state index contributed by atoms with van der Waals surface area (Å²) in [6.45, 7) is 0. The van der Waals surface area contributed by atoms with Crippen LogP contribution in [0.3, 0.4) is 0 Å². The summed E-state index contributed by atoms with van der Waals surface area (Å²) in [5.74, 6) is -0.565. The second-order valence-electron chi connectivity index (χ2n) is 1.17. The fraction of sp³-hybridized carbons (Fsp3) is 0. The van der Waals surface area contributed by atoms with Gasteiger partial charge in [0.15, 0.2) is 0 Å². The summed E-state index contributed by atoms with van der Waals surface area (Å²) >= 11 is 0. The monoisotopic (exact) mass is 134 g/mol. The maximum absolute atomic E-state index is 10.1. The van der Waals surface area contributed by atoms with E-state index in [9.17, 15) is 8.42 Å². The van der Waals surface area contributed by atoms with Gasteiger partial charge in [-0.25, -0.2) is 0 Å². The SMILES string of the molecule is O=S1(=O)C=C(O)N=N1. The number of hydrogen-bond acceptors (Lipinski definition) is 4. The van der Waals surface area contributed by atoms with Gasteiger partial charge >= 0.3 is 0 Å². The molecule has 1 rings (SSSR count). The number of hydrogen-bond donors (Lipinski definition) is 1. The molecule has 1 heterocycles. The smallest absolute Gasteiger partial charge is 0.298 e. The molecule has 0 aromatic carbocycles. The second-order valence-corrected chi connectivity index (χ2v) is 2.60. The Bertz CT molecular complexity index is 248. The molecule has 0 saturated carbocycles. The number of sulfonamides is 1. The fourth-order valence-corrected chi connectivity index (χ4v) is 0.837. The highest BCUT2D eigenvalue weighted by Crippen LogP contribution is 2.09. The summed E-state index contributed by atoms with van der Waals surface area (Å²) in [6.07, 6.45) is 0. The van der Waals surface area contributed by atoms with Crippen molar-refractivity contribution in [3.05, 3.63) is 11.3 Å². The van der Waals surface area contributed by atoms with E-state index in [-0.39, 0.29) is 0 Å². The average Bonchev–Trinajstić information content (AvgIpc) is 1.82. The zero-order chi connectivity index (χ0) is 6.20. The van der Waals surface area contributed by atoms with Gasteiger partial charge in [-0.2, -0.15) is 8.42 Å². The minimum absolute atomic E-state index is 0.565. The Hall–Kier alpha value is -0.910. The van der Waals surface area contributed by atoms with Gasteiger partial charge in [0.1, 0.15) is 5.41 Å². The van der Waals surface area contributed by atoms with Crippen LogP contribution in [0.25, 0.3) is 0 Å². The number of rotatable bonds is 0. The van der Waals surface area contributed by atoms with Crippen LogP contribution in [0.15, 0.2) is 20.9 Å². The zero-order valence-corrected chi connectivity index (χ0v) is 4.46. The minimum Gasteiger partial charge on any atom is -0.492 e. The van der Waals surface area contributed by atoms with Crippen molar-refractivity contribution in [1.29, 1.82) is 0 Å². The summed E-state index contributed by atoms with van der Waals surface area (Å²) in [4.78, 5) is 0. The van der Waals surface area contributed by atoms with Crippen LogP contribution < -0.4 is 0 Å². The molecular weight excluding hydrogens is 132 g/mol. The second kappa shape index (κ2) is 1.28. The maximum Gasteiger partial charge on any atom is 0.298 e. The summed E-state index contributed by atoms with van der Waals surface area (Å²) in [6, 6.07) is 0. The molecule has 1 aliphatic rings. The van der Waals surface area contributed by atoms with Crippen molar-refractivity contribution in [2.75, 3.05) is 0 Å². The van der Waals surface area contributed by atoms with Crippen LogP contribution in [0.1, 0.15) is 0 Å². The van der Waals surface area contributed by atoms with E-state index in [2.05, 4.69) is 9.63 Å². The summed E-state index contributed by atoms with van der Waals surface area (Å²) in [7, 11) is -3.55. The Morgan fingerprint density at radius 2 is 2.25 bits per heavy atom. The van der Waals surface area contributed by atoms with Gasteiger partial charge in [-0.05, 0) is 0 Å². The molecule has 8 heavy (non-hydrogen) atoms. The first kappa shape index (κ1) is 5.23. The maximum atomic E-state index is 10.1. The molecule has 0 aromatic heterocycles. The van der Waals surface area contributed by atoms with Crippen molar-refractivity contribution in [2.24, 2.45) is 9.63 Å². The van der Waals surface area contributed by atoms with E-state index in [1.165, 1.54) is 0 Å². The van der Waals surface area contributed by atoms with Crippen LogP contribution in [0, 0.1) is 0 Å². The molecule has 5 nitrogen and oxygen atoms in total. The standard InChI is InChI=1S/C2H2N2O3S/c5-2-1-8(6,7)4-3-2/h1,5H. The lowest BCUT2D eigenvalue weighted by Gasteiger charge is -1.70. The van der Waals surface area contributed by atoms with E-state index in [1.807, 2.05) is 0 Å². The zero-order valence-electron chi connectivity index (χ0n) is 3.64. The topological polar surface area (TPSA) is 79.1 Å². The number of aliphatic hydroxyl groups is 1. The van der Waals surface area contributed by atoms with Crippen LogP contribution in [-0.4, -0.2) is 13.5 Å². The first-order valence-corrected chi connectivity index (χ1v) is 3.19. The van der Waals surface area contributed by atoms with Gasteiger partial charge in [-0.1, -0.05) is 9.63 Å². The van der Waals surface area contributed by atoms with Gasteiger partial charge in [0.05, 0.1) is 0 Å². The van der Waals surface area contributed by atoms with Crippen LogP contribution in [-0.2, 0) is 10.0 Å². The molecule has 0 aromatic rings. The third-order valence-corrected chi connectivity index (χ3v) is 1.33. The predicted octanol–water partition coefficient (Wildman–Crippen LogP) is 0.139. The van der Waals surface area contributed by atoms with E-state index < -0.39 is 15.9 Å². The predicted molar refractivity (Wildman–Crippen MR) is 24.5 cm³/mol. The molecule has 44 valence electrons. The van der Waals surface area contributed by atoms with Gasteiger partial charge in [-0.3, -0.25) is 0 Å². The van der Waals surface area contributed by atoms with Crippen molar-refractivity contribution in [3.63, 3.8) is 0 Å². The molecule has 0 bridgehead atoms. The number of aliphatic hydroxyl groups excluding tert-OH is 1. The molecule has 0 amide bonds. The van der Waals surface area contributed by atoms with Gasteiger partial charge in [0.25, 0.3) is 10.0 Å². The van der Waals surface area contributed by atoms with Crippen LogP contribution in [0.4, 0.5) is 0 Å². The van der Waals surface area contributed by atoms with Crippen molar-refractivity contribution < 1.29 is 13.5 Å². The summed E-state index contributed by atoms with van der Waals surface area (Å²) in [5.41, 5.74) is 0. The van der Waals surface area contributed by atoms with E-state index >= 15 is 0 Å². The molecule has 0 aliphatic carbocycles. The average molecular weight is 134 g/mol. The first-order valence-electron chi connectivity index (χ1n) is 1.69. The van der Waals surface area contributed by atoms with Gasteiger partial charge in [0.2, 0.25) is 5.88 Å². The largest absolute Gasteiger partial charge is 0.492 e. The minimum atomic E-state index is -3.55. The lowest BCUT2D eigenvalue weighted by atomic mass is 11.0. The Balaban J connectivity index is 3.21. The summed E-state index contributed by atoms with van der Waals surface area (Å²) < 4.78 is 23.0. The van der Waals surface area contributed by atoms with Crippen LogP contribution in [0.2, 0.25) is 0 Å². The molecule has 0 fully saturated rings. The normalized spacial score (nSPS) is 23.2. The van der Waals surface area contributed by atoms with Crippen molar-refractivity contribution in [3.8, 4) is 0 Å². The van der Waals surface area contributed by atoms with Gasteiger partial charge in [0, 0.05) is 0 Å². The molecule has 0 unspecified atom stereocenters. The van der Waals surface area contributed by atoms with Crippen molar-refractivity contribution in [2.45, 2.75) is 0 Å². The summed E-state index contributed by atoms with van der Waals surface area (Å²) in [5, 5.41) is 11.7. The molecule has 0 atom stereocenters. The lowest BCUT2D eigenvalue weighted by Crippen LogP contribution is -1.81.